The fraction of sp³-hybridized carbons (Fsp3) is 0.474. The lowest BCUT2D eigenvalue weighted by molar-refractivity contribution is -0.136. The minimum Gasteiger partial charge on any atom is -0.368 e. The number of likely N-dealkylation sites (tertiary alicyclic amines) is 1. The maximum atomic E-state index is 12.8. The van der Waals surface area contributed by atoms with Gasteiger partial charge in [0.25, 0.3) is 0 Å². The molecule has 2 aliphatic rings. The highest BCUT2D eigenvalue weighted by molar-refractivity contribution is 6.30. The molecule has 8 heteroatoms. The van der Waals surface area contributed by atoms with E-state index in [-0.39, 0.29) is 17.9 Å². The maximum absolute atomic E-state index is 12.8. The SMILES string of the molecule is N#C[C@H]1CCCN1C(=O)C1CCN(c2cnccc2-n2cc(Cl)cn2)CC1. The fourth-order valence-corrected chi connectivity index (χ4v) is 4.15. The Morgan fingerprint density at radius 2 is 2.00 bits per heavy atom. The summed E-state index contributed by atoms with van der Waals surface area (Å²) < 4.78 is 1.75. The molecule has 4 rings (SSSR count). The molecule has 2 aromatic heterocycles. The number of nitriles is 1. The molecule has 0 bridgehead atoms. The summed E-state index contributed by atoms with van der Waals surface area (Å²) in [6.45, 7) is 2.26. The van der Waals surface area contributed by atoms with Crippen molar-refractivity contribution < 1.29 is 4.79 Å². The smallest absolute Gasteiger partial charge is 0.226 e. The molecular formula is C19H21ClN6O. The summed E-state index contributed by atoms with van der Waals surface area (Å²) in [6, 6.07) is 3.93. The van der Waals surface area contributed by atoms with E-state index in [2.05, 4.69) is 21.1 Å². The summed E-state index contributed by atoms with van der Waals surface area (Å²) in [4.78, 5) is 21.1. The largest absolute Gasteiger partial charge is 0.368 e. The van der Waals surface area contributed by atoms with Crippen molar-refractivity contribution in [2.75, 3.05) is 24.5 Å². The predicted octanol–water partition coefficient (Wildman–Crippen LogP) is 2.65. The van der Waals surface area contributed by atoms with Crippen LogP contribution >= 0.6 is 11.6 Å². The van der Waals surface area contributed by atoms with Crippen LogP contribution in [0.5, 0.6) is 0 Å². The summed E-state index contributed by atoms with van der Waals surface area (Å²) in [5.74, 6) is 0.137. The van der Waals surface area contributed by atoms with E-state index in [1.54, 1.807) is 28.2 Å². The molecule has 0 N–H and O–H groups in total. The van der Waals surface area contributed by atoms with Crippen LogP contribution in [0.25, 0.3) is 5.69 Å². The normalized spacial score (nSPS) is 20.7. The molecule has 0 aromatic carbocycles. The number of hydrogen-bond acceptors (Lipinski definition) is 5. The fourth-order valence-electron chi connectivity index (χ4n) is 4.02. The highest BCUT2D eigenvalue weighted by atomic mass is 35.5. The molecule has 0 saturated carbocycles. The monoisotopic (exact) mass is 384 g/mol. The summed E-state index contributed by atoms with van der Waals surface area (Å²) in [7, 11) is 0. The Morgan fingerprint density at radius 3 is 2.70 bits per heavy atom. The van der Waals surface area contributed by atoms with E-state index in [0.29, 0.717) is 11.6 Å². The van der Waals surface area contributed by atoms with Crippen LogP contribution < -0.4 is 4.90 Å². The Bertz CT molecular complexity index is 867. The first-order valence-electron chi connectivity index (χ1n) is 9.27. The molecule has 1 amide bonds. The van der Waals surface area contributed by atoms with Gasteiger partial charge in [0.05, 0.1) is 34.9 Å². The van der Waals surface area contributed by atoms with Gasteiger partial charge >= 0.3 is 0 Å². The van der Waals surface area contributed by atoms with Crippen molar-refractivity contribution in [2.24, 2.45) is 5.92 Å². The van der Waals surface area contributed by atoms with Gasteiger partial charge in [0.15, 0.2) is 0 Å². The van der Waals surface area contributed by atoms with Crippen LogP contribution in [0.15, 0.2) is 30.9 Å². The van der Waals surface area contributed by atoms with Crippen molar-refractivity contribution in [3.05, 3.63) is 35.9 Å². The van der Waals surface area contributed by atoms with Gasteiger partial charge in [-0.05, 0) is 31.7 Å². The summed E-state index contributed by atoms with van der Waals surface area (Å²) in [5, 5.41) is 14.1. The zero-order valence-electron chi connectivity index (χ0n) is 15.0. The molecular weight excluding hydrogens is 364 g/mol. The second kappa shape index (κ2) is 7.57. The van der Waals surface area contributed by atoms with Crippen LogP contribution in [0.3, 0.4) is 0 Å². The van der Waals surface area contributed by atoms with E-state index in [1.807, 2.05) is 12.3 Å². The van der Waals surface area contributed by atoms with E-state index in [1.165, 1.54) is 0 Å². The van der Waals surface area contributed by atoms with E-state index < -0.39 is 0 Å². The number of piperidine rings is 1. The maximum Gasteiger partial charge on any atom is 0.226 e. The number of nitrogens with zero attached hydrogens (tertiary/aromatic N) is 6. The predicted molar refractivity (Wildman–Crippen MR) is 102 cm³/mol. The molecule has 2 fully saturated rings. The standard InChI is InChI=1S/C19H21ClN6O/c20-15-11-23-26(13-15)17-3-6-22-12-18(17)24-8-4-14(5-9-24)19(27)25-7-1-2-16(25)10-21/h3,6,11-14,16H,1-2,4-5,7-9H2/t16-/m1/s1. The second-order valence-corrected chi connectivity index (χ2v) is 7.48. The number of carbonyl (C=O) groups is 1. The molecule has 7 nitrogen and oxygen atoms in total. The van der Waals surface area contributed by atoms with Crippen molar-refractivity contribution in [1.82, 2.24) is 19.7 Å². The average molecular weight is 385 g/mol. The summed E-state index contributed by atoms with van der Waals surface area (Å²) in [6.07, 6.45) is 10.2. The van der Waals surface area contributed by atoms with Crippen molar-refractivity contribution in [3.8, 4) is 11.8 Å². The molecule has 0 radical (unpaired) electrons. The van der Waals surface area contributed by atoms with Gasteiger partial charge in [-0.1, -0.05) is 11.6 Å². The molecule has 2 aromatic rings. The first-order valence-corrected chi connectivity index (χ1v) is 9.65. The van der Waals surface area contributed by atoms with Gasteiger partial charge in [0.1, 0.15) is 6.04 Å². The third-order valence-electron chi connectivity index (χ3n) is 5.45. The Labute approximate surface area is 163 Å². The second-order valence-electron chi connectivity index (χ2n) is 7.05. The Balaban J connectivity index is 1.46. The Hall–Kier alpha value is -2.59. The summed E-state index contributed by atoms with van der Waals surface area (Å²) in [5.41, 5.74) is 1.91. The van der Waals surface area contributed by atoms with Crippen molar-refractivity contribution in [1.29, 1.82) is 5.26 Å². The van der Waals surface area contributed by atoms with Gasteiger partial charge in [-0.15, -0.1) is 0 Å². The number of aromatic nitrogens is 3. The van der Waals surface area contributed by atoms with Crippen molar-refractivity contribution in [2.45, 2.75) is 31.7 Å². The highest BCUT2D eigenvalue weighted by Crippen LogP contribution is 2.30. The first kappa shape index (κ1) is 17.8. The van der Waals surface area contributed by atoms with Crippen LogP contribution in [0, 0.1) is 17.2 Å². The van der Waals surface area contributed by atoms with Gasteiger partial charge in [0.2, 0.25) is 5.91 Å². The zero-order valence-corrected chi connectivity index (χ0v) is 15.7. The van der Waals surface area contributed by atoms with Gasteiger partial charge in [-0.25, -0.2) is 4.68 Å². The lowest BCUT2D eigenvalue weighted by Gasteiger charge is -2.35. The minimum atomic E-state index is -0.245. The highest BCUT2D eigenvalue weighted by Gasteiger charge is 2.35. The quantitative estimate of drug-likeness (QED) is 0.812. The number of amides is 1. The Kier molecular flexibility index (Phi) is 4.99. The number of halogens is 1. The molecule has 140 valence electrons. The van der Waals surface area contributed by atoms with Crippen LogP contribution in [-0.2, 0) is 4.79 Å². The van der Waals surface area contributed by atoms with Gasteiger partial charge in [0, 0.05) is 37.9 Å². The van der Waals surface area contributed by atoms with Crippen molar-refractivity contribution in [3.63, 3.8) is 0 Å². The van der Waals surface area contributed by atoms with E-state index in [4.69, 9.17) is 11.6 Å². The van der Waals surface area contributed by atoms with Crippen LogP contribution in [0.4, 0.5) is 5.69 Å². The molecule has 0 aliphatic carbocycles. The molecule has 0 unspecified atom stereocenters. The topological polar surface area (TPSA) is 78.0 Å². The van der Waals surface area contributed by atoms with E-state index >= 15 is 0 Å². The number of pyridine rings is 1. The molecule has 2 aliphatic heterocycles. The third kappa shape index (κ3) is 3.50. The van der Waals surface area contributed by atoms with Crippen LogP contribution in [-0.4, -0.2) is 51.2 Å². The lowest BCUT2D eigenvalue weighted by atomic mass is 9.94. The minimum absolute atomic E-state index is 0.00512. The van der Waals surface area contributed by atoms with Crippen LogP contribution in [0.1, 0.15) is 25.7 Å². The molecule has 1 atom stereocenters. The number of carbonyl (C=O) groups excluding carboxylic acids is 1. The van der Waals surface area contributed by atoms with Gasteiger partial charge in [-0.3, -0.25) is 9.78 Å². The molecule has 27 heavy (non-hydrogen) atoms. The first-order chi connectivity index (χ1) is 13.2. The Morgan fingerprint density at radius 1 is 1.19 bits per heavy atom. The zero-order chi connectivity index (χ0) is 18.8. The van der Waals surface area contributed by atoms with E-state index in [0.717, 1.165) is 50.1 Å². The lowest BCUT2D eigenvalue weighted by Crippen LogP contribution is -2.44. The van der Waals surface area contributed by atoms with E-state index in [9.17, 15) is 10.1 Å². The molecule has 0 spiro atoms. The third-order valence-corrected chi connectivity index (χ3v) is 5.64. The van der Waals surface area contributed by atoms with Crippen molar-refractivity contribution >= 4 is 23.2 Å². The number of anilines is 1. The number of hydrogen-bond donors (Lipinski definition) is 0. The average Bonchev–Trinajstić information content (AvgIpc) is 3.36. The van der Waals surface area contributed by atoms with Crippen LogP contribution in [0.2, 0.25) is 5.02 Å². The van der Waals surface area contributed by atoms with Gasteiger partial charge in [-0.2, -0.15) is 10.4 Å². The molecule has 2 saturated heterocycles. The summed E-state index contributed by atoms with van der Waals surface area (Å²) >= 11 is 6.01. The molecule has 4 heterocycles. The number of rotatable bonds is 3. The van der Waals surface area contributed by atoms with Gasteiger partial charge < -0.3 is 9.80 Å².